The second kappa shape index (κ2) is 4.67. The lowest BCUT2D eigenvalue weighted by molar-refractivity contribution is 0.837. The summed E-state index contributed by atoms with van der Waals surface area (Å²) < 4.78 is 1.68. The van der Waals surface area contributed by atoms with E-state index in [1.54, 1.807) is 22.6 Å². The van der Waals surface area contributed by atoms with Crippen LogP contribution in [-0.2, 0) is 0 Å². The van der Waals surface area contributed by atoms with Gasteiger partial charge in [0.2, 0.25) is 5.13 Å². The molecule has 6 heteroatoms. The van der Waals surface area contributed by atoms with Gasteiger partial charge < -0.3 is 5.73 Å². The van der Waals surface area contributed by atoms with Gasteiger partial charge in [-0.25, -0.2) is 4.98 Å². The molecule has 0 saturated heterocycles. The first-order valence-electron chi connectivity index (χ1n) is 4.69. The van der Waals surface area contributed by atoms with E-state index in [0.29, 0.717) is 5.82 Å². The van der Waals surface area contributed by atoms with Crippen LogP contribution in [0.4, 0.5) is 5.82 Å². The minimum absolute atomic E-state index is 0.642. The zero-order valence-electron chi connectivity index (χ0n) is 8.38. The maximum Gasteiger partial charge on any atom is 0.212 e. The molecule has 2 aromatic rings. The molecule has 0 unspecified atom stereocenters. The lowest BCUT2D eigenvalue weighted by atomic mass is 10.6. The molecule has 0 saturated carbocycles. The predicted octanol–water partition coefficient (Wildman–Crippen LogP) is 2.41. The number of nitrogens with two attached hydrogens (primary N) is 1. The minimum atomic E-state index is 0.642. The van der Waals surface area contributed by atoms with Gasteiger partial charge in [0.05, 0.1) is 0 Å². The normalized spacial score (nSPS) is 10.7. The van der Waals surface area contributed by atoms with Crippen molar-refractivity contribution in [3.8, 4) is 5.13 Å². The third-order valence-electron chi connectivity index (χ3n) is 1.77. The average Bonchev–Trinajstić information content (AvgIpc) is 2.83. The Balaban J connectivity index is 2.22. The molecule has 80 valence electrons. The maximum atomic E-state index is 5.86. The lowest BCUT2D eigenvalue weighted by Crippen LogP contribution is -2.00. The van der Waals surface area contributed by atoms with Gasteiger partial charge in [0, 0.05) is 17.6 Å². The molecule has 0 aromatic carbocycles. The number of aromatic nitrogens is 3. The molecule has 4 nitrogen and oxygen atoms in total. The fraction of sp³-hybridized carbons (Fsp3) is 0.333. The molecule has 0 spiro atoms. The number of nitrogen functional groups attached to an aromatic ring is 1. The van der Waals surface area contributed by atoms with E-state index in [1.807, 2.05) is 11.4 Å². The van der Waals surface area contributed by atoms with Crippen molar-refractivity contribution in [1.82, 2.24) is 14.8 Å². The highest BCUT2D eigenvalue weighted by Crippen LogP contribution is 2.23. The standard InChI is InChI=1S/C9H12N4S2/c1-2-4-14-8-6-7(10)13(12-8)9-11-3-5-15-9/h3,5-6H,2,4,10H2,1H3. The monoisotopic (exact) mass is 240 g/mol. The van der Waals surface area contributed by atoms with Gasteiger partial charge in [-0.3, -0.25) is 0 Å². The van der Waals surface area contributed by atoms with Crippen LogP contribution in [0.1, 0.15) is 13.3 Å². The van der Waals surface area contributed by atoms with Crippen molar-refractivity contribution < 1.29 is 0 Å². The van der Waals surface area contributed by atoms with Crippen LogP contribution in [0.3, 0.4) is 0 Å². The molecule has 0 aliphatic carbocycles. The molecule has 0 aliphatic rings. The SMILES string of the molecule is CCCSc1cc(N)n(-c2nccs2)n1. The van der Waals surface area contributed by atoms with Gasteiger partial charge in [0.25, 0.3) is 0 Å². The van der Waals surface area contributed by atoms with Gasteiger partial charge in [-0.2, -0.15) is 9.78 Å². The first-order valence-corrected chi connectivity index (χ1v) is 6.56. The van der Waals surface area contributed by atoms with Crippen LogP contribution in [-0.4, -0.2) is 20.5 Å². The highest BCUT2D eigenvalue weighted by Gasteiger charge is 2.08. The molecule has 15 heavy (non-hydrogen) atoms. The number of anilines is 1. The Kier molecular flexibility index (Phi) is 3.27. The Labute approximate surface area is 96.5 Å². The van der Waals surface area contributed by atoms with E-state index in [4.69, 9.17) is 5.73 Å². The molecule has 0 atom stereocenters. The van der Waals surface area contributed by atoms with Crippen LogP contribution >= 0.6 is 23.1 Å². The number of thiazole rings is 1. The average molecular weight is 240 g/mol. The van der Waals surface area contributed by atoms with Gasteiger partial charge in [-0.05, 0) is 12.2 Å². The summed E-state index contributed by atoms with van der Waals surface area (Å²) in [7, 11) is 0. The predicted molar refractivity (Wildman–Crippen MR) is 64.7 cm³/mol. The van der Waals surface area contributed by atoms with E-state index in [2.05, 4.69) is 17.0 Å². The summed E-state index contributed by atoms with van der Waals surface area (Å²) in [6.07, 6.45) is 2.88. The number of nitrogens with zero attached hydrogens (tertiary/aromatic N) is 3. The summed E-state index contributed by atoms with van der Waals surface area (Å²) in [5, 5.41) is 8.08. The molecular weight excluding hydrogens is 228 g/mol. The molecule has 2 heterocycles. The Morgan fingerprint density at radius 3 is 3.13 bits per heavy atom. The van der Waals surface area contributed by atoms with Crippen molar-refractivity contribution in [3.05, 3.63) is 17.6 Å². The Bertz CT molecular complexity index is 421. The molecular formula is C9H12N4S2. The Hall–Kier alpha value is -1.01. The van der Waals surface area contributed by atoms with E-state index < -0.39 is 0 Å². The van der Waals surface area contributed by atoms with Gasteiger partial charge >= 0.3 is 0 Å². The van der Waals surface area contributed by atoms with E-state index >= 15 is 0 Å². The summed E-state index contributed by atoms with van der Waals surface area (Å²) >= 11 is 3.25. The molecule has 0 amide bonds. The Morgan fingerprint density at radius 2 is 2.47 bits per heavy atom. The minimum Gasteiger partial charge on any atom is -0.383 e. The van der Waals surface area contributed by atoms with Crippen molar-refractivity contribution in [2.75, 3.05) is 11.5 Å². The van der Waals surface area contributed by atoms with E-state index in [1.165, 1.54) is 11.3 Å². The smallest absolute Gasteiger partial charge is 0.212 e. The summed E-state index contributed by atoms with van der Waals surface area (Å²) in [5.41, 5.74) is 5.86. The Morgan fingerprint density at radius 1 is 1.60 bits per heavy atom. The highest BCUT2D eigenvalue weighted by molar-refractivity contribution is 7.99. The van der Waals surface area contributed by atoms with Crippen molar-refractivity contribution >= 4 is 28.9 Å². The lowest BCUT2D eigenvalue weighted by Gasteiger charge is -1.96. The summed E-state index contributed by atoms with van der Waals surface area (Å²) in [6, 6.07) is 1.89. The van der Waals surface area contributed by atoms with E-state index in [-0.39, 0.29) is 0 Å². The molecule has 2 rings (SSSR count). The zero-order chi connectivity index (χ0) is 10.7. The summed E-state index contributed by atoms with van der Waals surface area (Å²) in [5.74, 6) is 1.71. The third kappa shape index (κ3) is 2.32. The highest BCUT2D eigenvalue weighted by atomic mass is 32.2. The fourth-order valence-electron chi connectivity index (χ4n) is 1.12. The summed E-state index contributed by atoms with van der Waals surface area (Å²) in [4.78, 5) is 4.17. The maximum absolute atomic E-state index is 5.86. The quantitative estimate of drug-likeness (QED) is 0.834. The topological polar surface area (TPSA) is 56.7 Å². The van der Waals surface area contributed by atoms with Gasteiger partial charge in [-0.15, -0.1) is 23.1 Å². The molecule has 0 radical (unpaired) electrons. The first-order chi connectivity index (χ1) is 7.31. The number of rotatable bonds is 4. The van der Waals surface area contributed by atoms with E-state index in [9.17, 15) is 0 Å². The molecule has 2 aromatic heterocycles. The number of hydrogen-bond acceptors (Lipinski definition) is 5. The first kappa shape index (κ1) is 10.5. The fourth-order valence-corrected chi connectivity index (χ4v) is 2.49. The van der Waals surface area contributed by atoms with Crippen molar-refractivity contribution in [2.24, 2.45) is 0 Å². The number of thioether (sulfide) groups is 1. The van der Waals surface area contributed by atoms with Crippen LogP contribution < -0.4 is 5.73 Å². The van der Waals surface area contributed by atoms with Gasteiger partial charge in [0.15, 0.2) is 0 Å². The van der Waals surface area contributed by atoms with Crippen LogP contribution in [0, 0.1) is 0 Å². The molecule has 0 bridgehead atoms. The second-order valence-electron chi connectivity index (χ2n) is 2.98. The van der Waals surface area contributed by atoms with Crippen molar-refractivity contribution in [2.45, 2.75) is 18.4 Å². The van der Waals surface area contributed by atoms with Crippen LogP contribution in [0.15, 0.2) is 22.7 Å². The number of hydrogen-bond donors (Lipinski definition) is 1. The molecule has 0 aliphatic heterocycles. The van der Waals surface area contributed by atoms with Crippen molar-refractivity contribution in [1.29, 1.82) is 0 Å². The largest absolute Gasteiger partial charge is 0.383 e. The molecule has 2 N–H and O–H groups in total. The van der Waals surface area contributed by atoms with E-state index in [0.717, 1.165) is 22.3 Å². The van der Waals surface area contributed by atoms with Gasteiger partial charge in [-0.1, -0.05) is 6.92 Å². The van der Waals surface area contributed by atoms with Crippen LogP contribution in [0.5, 0.6) is 0 Å². The summed E-state index contributed by atoms with van der Waals surface area (Å²) in [6.45, 7) is 2.15. The van der Waals surface area contributed by atoms with Crippen LogP contribution in [0.2, 0.25) is 0 Å². The van der Waals surface area contributed by atoms with Crippen LogP contribution in [0.25, 0.3) is 5.13 Å². The van der Waals surface area contributed by atoms with Crippen molar-refractivity contribution in [3.63, 3.8) is 0 Å². The van der Waals surface area contributed by atoms with Gasteiger partial charge in [0.1, 0.15) is 10.8 Å². The third-order valence-corrected chi connectivity index (χ3v) is 3.62. The zero-order valence-corrected chi connectivity index (χ0v) is 10.0. The second-order valence-corrected chi connectivity index (χ2v) is 4.97. The molecule has 0 fully saturated rings.